The number of aromatic nitrogens is 4. The summed E-state index contributed by atoms with van der Waals surface area (Å²) in [7, 11) is 1.63. The fourth-order valence-electron chi connectivity index (χ4n) is 2.00. The van der Waals surface area contributed by atoms with Gasteiger partial charge >= 0.3 is 0 Å². The molecule has 2 heterocycles. The van der Waals surface area contributed by atoms with E-state index in [0.717, 1.165) is 21.6 Å². The van der Waals surface area contributed by atoms with E-state index in [1.807, 2.05) is 41.0 Å². The van der Waals surface area contributed by atoms with Crippen molar-refractivity contribution in [2.24, 2.45) is 0 Å². The maximum Gasteiger partial charge on any atom is 0.200 e. The second kappa shape index (κ2) is 5.79. The van der Waals surface area contributed by atoms with Gasteiger partial charge in [-0.15, -0.1) is 0 Å². The van der Waals surface area contributed by atoms with Crippen LogP contribution >= 0.6 is 28.1 Å². The molecule has 0 bridgehead atoms. The lowest BCUT2D eigenvalue weighted by Crippen LogP contribution is -1.99. The van der Waals surface area contributed by atoms with E-state index in [9.17, 15) is 0 Å². The molecule has 0 saturated heterocycles. The molecule has 0 radical (unpaired) electrons. The van der Waals surface area contributed by atoms with Gasteiger partial charge in [0.25, 0.3) is 0 Å². The van der Waals surface area contributed by atoms with Gasteiger partial charge in [0.05, 0.1) is 17.3 Å². The summed E-state index contributed by atoms with van der Waals surface area (Å²) in [6.45, 7) is 0. The molecule has 3 aromatic rings. The Kier molecular flexibility index (Phi) is 3.85. The summed E-state index contributed by atoms with van der Waals surface area (Å²) in [5, 5.41) is 7.08. The Labute approximate surface area is 134 Å². The summed E-state index contributed by atoms with van der Waals surface area (Å²) < 4.78 is 8.43. The number of halogens is 1. The van der Waals surface area contributed by atoms with Crippen molar-refractivity contribution in [1.29, 1.82) is 0 Å². The predicted octanol–water partition coefficient (Wildman–Crippen LogP) is 3.76. The van der Waals surface area contributed by atoms with Crippen LogP contribution in [0.2, 0.25) is 0 Å². The Morgan fingerprint density at radius 2 is 2.14 bits per heavy atom. The Hall–Kier alpha value is -1.99. The molecule has 21 heavy (non-hydrogen) atoms. The number of nitrogens with one attached hydrogen (secondary N) is 1. The van der Waals surface area contributed by atoms with E-state index in [1.165, 1.54) is 0 Å². The quantitative estimate of drug-likeness (QED) is 0.720. The zero-order valence-corrected chi connectivity index (χ0v) is 13.5. The van der Waals surface area contributed by atoms with Crippen LogP contribution in [0.15, 0.2) is 47.1 Å². The van der Waals surface area contributed by atoms with Crippen LogP contribution in [-0.2, 0) is 0 Å². The zero-order chi connectivity index (χ0) is 14.8. The molecule has 0 aliphatic rings. The highest BCUT2D eigenvalue weighted by Crippen LogP contribution is 2.29. The number of methoxy groups -OCH3 is 1. The van der Waals surface area contributed by atoms with E-state index in [2.05, 4.69) is 31.1 Å². The van der Waals surface area contributed by atoms with E-state index < -0.39 is 0 Å². The molecule has 0 spiro atoms. The molecule has 1 N–H and O–H groups in total. The average molecular weight is 363 g/mol. The SMILES string of the molecule is COc1ccc(-n2c(-c3ccccn3)n[nH]c2=S)cc1Br. The standard InChI is InChI=1S/C14H11BrN4OS/c1-20-12-6-5-9(8-10(12)15)19-13(17-18-14(19)21)11-4-2-3-7-16-11/h2-8H,1H3,(H,18,21). The van der Waals surface area contributed by atoms with Crippen LogP contribution < -0.4 is 4.74 Å². The smallest absolute Gasteiger partial charge is 0.200 e. The lowest BCUT2D eigenvalue weighted by molar-refractivity contribution is 0.412. The van der Waals surface area contributed by atoms with E-state index in [1.54, 1.807) is 13.3 Å². The molecule has 0 atom stereocenters. The monoisotopic (exact) mass is 362 g/mol. The molecule has 0 aliphatic carbocycles. The molecule has 0 aliphatic heterocycles. The number of rotatable bonds is 3. The first-order chi connectivity index (χ1) is 10.2. The summed E-state index contributed by atoms with van der Waals surface area (Å²) in [4.78, 5) is 4.32. The second-order valence-electron chi connectivity index (χ2n) is 4.22. The minimum Gasteiger partial charge on any atom is -0.496 e. The molecule has 0 fully saturated rings. The van der Waals surface area contributed by atoms with E-state index >= 15 is 0 Å². The molecule has 2 aromatic heterocycles. The molecular weight excluding hydrogens is 352 g/mol. The van der Waals surface area contributed by atoms with Crippen molar-refractivity contribution >= 4 is 28.1 Å². The number of pyridine rings is 1. The number of benzene rings is 1. The summed E-state index contributed by atoms with van der Waals surface area (Å²) in [5.74, 6) is 1.42. The van der Waals surface area contributed by atoms with Gasteiger partial charge in [0.15, 0.2) is 10.6 Å². The molecule has 5 nitrogen and oxygen atoms in total. The summed E-state index contributed by atoms with van der Waals surface area (Å²) in [6.07, 6.45) is 1.72. The lowest BCUT2D eigenvalue weighted by Gasteiger charge is -2.09. The van der Waals surface area contributed by atoms with Crippen molar-refractivity contribution in [2.75, 3.05) is 7.11 Å². The number of nitrogens with zero attached hydrogens (tertiary/aromatic N) is 3. The van der Waals surface area contributed by atoms with Gasteiger partial charge in [-0.2, -0.15) is 5.10 Å². The zero-order valence-electron chi connectivity index (χ0n) is 11.1. The number of ether oxygens (including phenoxy) is 1. The van der Waals surface area contributed by atoms with Gasteiger partial charge in [-0.25, -0.2) is 0 Å². The maximum absolute atomic E-state index is 5.33. The Bertz CT molecular complexity index is 828. The minimum absolute atomic E-state index is 0.507. The van der Waals surface area contributed by atoms with Gasteiger partial charge in [0.2, 0.25) is 0 Å². The number of hydrogen-bond donors (Lipinski definition) is 1. The summed E-state index contributed by atoms with van der Waals surface area (Å²) in [5.41, 5.74) is 1.62. The van der Waals surface area contributed by atoms with Crippen molar-refractivity contribution in [3.05, 3.63) is 51.8 Å². The fourth-order valence-corrected chi connectivity index (χ4v) is 2.76. The topological polar surface area (TPSA) is 55.7 Å². The summed E-state index contributed by atoms with van der Waals surface area (Å²) in [6, 6.07) is 11.4. The highest BCUT2D eigenvalue weighted by Gasteiger charge is 2.12. The normalized spacial score (nSPS) is 10.6. The van der Waals surface area contributed by atoms with Gasteiger partial charge in [0, 0.05) is 6.20 Å². The van der Waals surface area contributed by atoms with Gasteiger partial charge < -0.3 is 4.74 Å². The van der Waals surface area contributed by atoms with Crippen LogP contribution in [0.1, 0.15) is 0 Å². The van der Waals surface area contributed by atoms with Crippen molar-refractivity contribution in [1.82, 2.24) is 19.7 Å². The molecule has 0 unspecified atom stereocenters. The number of H-pyrrole nitrogens is 1. The minimum atomic E-state index is 0.507. The van der Waals surface area contributed by atoms with Crippen LogP contribution in [-0.4, -0.2) is 26.9 Å². The van der Waals surface area contributed by atoms with Crippen LogP contribution in [0.25, 0.3) is 17.2 Å². The first-order valence-corrected chi connectivity index (χ1v) is 7.33. The van der Waals surface area contributed by atoms with Crippen molar-refractivity contribution in [3.8, 4) is 23.0 Å². The Balaban J connectivity index is 2.17. The molecule has 7 heteroatoms. The van der Waals surface area contributed by atoms with E-state index in [4.69, 9.17) is 17.0 Å². The average Bonchev–Trinajstić information content (AvgIpc) is 2.90. The highest BCUT2D eigenvalue weighted by atomic mass is 79.9. The van der Waals surface area contributed by atoms with E-state index in [-0.39, 0.29) is 0 Å². The van der Waals surface area contributed by atoms with Crippen molar-refractivity contribution in [3.63, 3.8) is 0 Å². The first-order valence-electron chi connectivity index (χ1n) is 6.13. The van der Waals surface area contributed by atoms with E-state index in [0.29, 0.717) is 10.6 Å². The molecular formula is C14H11BrN4OS. The van der Waals surface area contributed by atoms with Crippen molar-refractivity contribution in [2.45, 2.75) is 0 Å². The molecule has 0 amide bonds. The third-order valence-electron chi connectivity index (χ3n) is 2.96. The third-order valence-corrected chi connectivity index (χ3v) is 3.85. The fraction of sp³-hybridized carbons (Fsp3) is 0.0714. The summed E-state index contributed by atoms with van der Waals surface area (Å²) >= 11 is 8.81. The van der Waals surface area contributed by atoms with Crippen molar-refractivity contribution < 1.29 is 4.74 Å². The Morgan fingerprint density at radius 1 is 1.29 bits per heavy atom. The van der Waals surface area contributed by atoms with Gasteiger partial charge in [0.1, 0.15) is 11.4 Å². The Morgan fingerprint density at radius 3 is 2.81 bits per heavy atom. The molecule has 3 rings (SSSR count). The first kappa shape index (κ1) is 14.0. The number of hydrogen-bond acceptors (Lipinski definition) is 4. The van der Waals surface area contributed by atoms with Gasteiger partial charge in [-0.05, 0) is 58.5 Å². The third kappa shape index (κ3) is 2.62. The van der Waals surface area contributed by atoms with Crippen LogP contribution in [0.5, 0.6) is 5.75 Å². The molecule has 0 saturated carbocycles. The van der Waals surface area contributed by atoms with Gasteiger partial charge in [-0.3, -0.25) is 14.6 Å². The van der Waals surface area contributed by atoms with Crippen LogP contribution in [0.3, 0.4) is 0 Å². The lowest BCUT2D eigenvalue weighted by atomic mass is 10.3. The van der Waals surface area contributed by atoms with Crippen LogP contribution in [0, 0.1) is 4.77 Å². The highest BCUT2D eigenvalue weighted by molar-refractivity contribution is 9.10. The molecule has 1 aromatic carbocycles. The van der Waals surface area contributed by atoms with Crippen LogP contribution in [0.4, 0.5) is 0 Å². The predicted molar refractivity (Wildman–Crippen MR) is 86.2 cm³/mol. The molecule has 106 valence electrons. The van der Waals surface area contributed by atoms with Gasteiger partial charge in [-0.1, -0.05) is 6.07 Å². The second-order valence-corrected chi connectivity index (χ2v) is 5.46. The largest absolute Gasteiger partial charge is 0.496 e. The number of aromatic amines is 1. The maximum atomic E-state index is 5.33.